The molecular formula is C13H11ClN2O3. The molecule has 0 unspecified atom stereocenters. The van der Waals surface area contributed by atoms with Gasteiger partial charge in [0, 0.05) is 11.9 Å². The van der Waals surface area contributed by atoms with Gasteiger partial charge in [-0.2, -0.15) is 0 Å². The maximum atomic E-state index is 12.0. The van der Waals surface area contributed by atoms with Crippen LogP contribution in [0.2, 0.25) is 5.02 Å². The van der Waals surface area contributed by atoms with Crippen LogP contribution in [-0.2, 0) is 14.4 Å². The van der Waals surface area contributed by atoms with E-state index in [0.29, 0.717) is 10.6 Å². The van der Waals surface area contributed by atoms with Crippen molar-refractivity contribution in [2.24, 2.45) is 0 Å². The molecule has 1 aliphatic heterocycles. The Morgan fingerprint density at radius 1 is 1.32 bits per heavy atom. The molecule has 0 bridgehead atoms. The summed E-state index contributed by atoms with van der Waals surface area (Å²) in [5.41, 5.74) is 0.784. The van der Waals surface area contributed by atoms with Crippen LogP contribution >= 0.6 is 11.6 Å². The van der Waals surface area contributed by atoms with Gasteiger partial charge < -0.3 is 5.32 Å². The molecule has 1 fully saturated rings. The molecule has 1 saturated heterocycles. The van der Waals surface area contributed by atoms with Crippen molar-refractivity contribution in [2.45, 2.75) is 6.92 Å². The number of halogens is 1. The van der Waals surface area contributed by atoms with Gasteiger partial charge in [0.05, 0.1) is 0 Å². The van der Waals surface area contributed by atoms with Crippen LogP contribution in [0.25, 0.3) is 6.08 Å². The maximum Gasteiger partial charge on any atom is 0.277 e. The number of rotatable bonds is 1. The molecule has 2 rings (SSSR count). The summed E-state index contributed by atoms with van der Waals surface area (Å²) in [5.74, 6) is -1.36. The second-order valence-electron chi connectivity index (χ2n) is 4.07. The van der Waals surface area contributed by atoms with E-state index in [0.717, 1.165) is 4.90 Å². The van der Waals surface area contributed by atoms with Gasteiger partial charge >= 0.3 is 0 Å². The molecule has 1 N–H and O–H groups in total. The molecule has 98 valence electrons. The lowest BCUT2D eigenvalue weighted by molar-refractivity contribution is -0.147. The third-order valence-electron chi connectivity index (χ3n) is 2.61. The fourth-order valence-electron chi connectivity index (χ4n) is 1.68. The Balaban J connectivity index is 2.32. The fraction of sp³-hybridized carbons (Fsp3) is 0.154. The number of carbonyl (C=O) groups excluding carboxylic acids is 3. The second-order valence-corrected chi connectivity index (χ2v) is 4.50. The van der Waals surface area contributed by atoms with Crippen molar-refractivity contribution in [3.8, 4) is 0 Å². The van der Waals surface area contributed by atoms with Crippen LogP contribution in [0.4, 0.5) is 0 Å². The Morgan fingerprint density at radius 2 is 1.95 bits per heavy atom. The number of hydrogen-bond acceptors (Lipinski definition) is 3. The highest BCUT2D eigenvalue weighted by atomic mass is 35.5. The zero-order valence-electron chi connectivity index (χ0n) is 10.1. The molecule has 0 saturated carbocycles. The summed E-state index contributed by atoms with van der Waals surface area (Å²) in [4.78, 5) is 35.6. The summed E-state index contributed by atoms with van der Waals surface area (Å²) < 4.78 is 0. The summed E-state index contributed by atoms with van der Waals surface area (Å²) in [5, 5.41) is 3.04. The Labute approximate surface area is 114 Å². The van der Waals surface area contributed by atoms with Gasteiger partial charge in [-0.1, -0.05) is 23.7 Å². The topological polar surface area (TPSA) is 66.5 Å². The summed E-state index contributed by atoms with van der Waals surface area (Å²) in [6.07, 6.45) is 1.51. The molecule has 19 heavy (non-hydrogen) atoms. The first-order valence-corrected chi connectivity index (χ1v) is 5.95. The van der Waals surface area contributed by atoms with Crippen molar-refractivity contribution in [1.82, 2.24) is 10.2 Å². The Hall–Kier alpha value is -2.14. The molecule has 1 aromatic rings. The van der Waals surface area contributed by atoms with Crippen LogP contribution in [-0.4, -0.2) is 29.2 Å². The number of carbonyl (C=O) groups is 3. The molecule has 3 amide bonds. The first-order chi connectivity index (χ1) is 8.97. The van der Waals surface area contributed by atoms with Gasteiger partial charge in [0.2, 0.25) is 11.8 Å². The van der Waals surface area contributed by atoms with Crippen LogP contribution in [0.5, 0.6) is 0 Å². The van der Waals surface area contributed by atoms with Crippen LogP contribution < -0.4 is 5.32 Å². The van der Waals surface area contributed by atoms with Crippen LogP contribution in [0.3, 0.4) is 0 Å². The van der Waals surface area contributed by atoms with Gasteiger partial charge in [-0.3, -0.25) is 19.3 Å². The normalized spacial score (nSPS) is 17.6. The molecule has 1 aliphatic rings. The van der Waals surface area contributed by atoms with Gasteiger partial charge in [-0.15, -0.1) is 0 Å². The molecule has 1 heterocycles. The lowest BCUT2D eigenvalue weighted by Gasteiger charge is -2.25. The van der Waals surface area contributed by atoms with E-state index in [2.05, 4.69) is 5.32 Å². The summed E-state index contributed by atoms with van der Waals surface area (Å²) in [6, 6.07) is 6.76. The standard InChI is InChI=1S/C13H11ClN2O3/c1-8(17)16-7-12(18)15-11(13(16)19)6-9-2-4-10(14)5-3-9/h2-6H,7H2,1H3,(H,15,18). The summed E-state index contributed by atoms with van der Waals surface area (Å²) >= 11 is 5.76. The molecule has 6 heteroatoms. The smallest absolute Gasteiger partial charge is 0.277 e. The zero-order chi connectivity index (χ0) is 14.0. The molecule has 0 radical (unpaired) electrons. The van der Waals surface area contributed by atoms with E-state index in [9.17, 15) is 14.4 Å². The predicted octanol–water partition coefficient (Wildman–Crippen LogP) is 1.19. The number of imide groups is 1. The van der Waals surface area contributed by atoms with Crippen molar-refractivity contribution in [2.75, 3.05) is 6.54 Å². The molecule has 1 aromatic carbocycles. The SMILES string of the molecule is CC(=O)N1CC(=O)NC(=Cc2ccc(Cl)cc2)C1=O. The van der Waals surface area contributed by atoms with Crippen molar-refractivity contribution < 1.29 is 14.4 Å². The van der Waals surface area contributed by atoms with Crippen LogP contribution in [0.1, 0.15) is 12.5 Å². The third-order valence-corrected chi connectivity index (χ3v) is 2.86. The van der Waals surface area contributed by atoms with Crippen LogP contribution in [0, 0.1) is 0 Å². The number of piperazine rings is 1. The minimum atomic E-state index is -0.512. The van der Waals surface area contributed by atoms with Gasteiger partial charge in [0.15, 0.2) is 0 Å². The molecular weight excluding hydrogens is 268 g/mol. The Bertz CT molecular complexity index is 578. The number of hydrogen-bond donors (Lipinski definition) is 1. The quantitative estimate of drug-likeness (QED) is 0.785. The molecule has 0 aliphatic carbocycles. The predicted molar refractivity (Wildman–Crippen MR) is 70.0 cm³/mol. The molecule has 5 nitrogen and oxygen atoms in total. The lowest BCUT2D eigenvalue weighted by atomic mass is 10.1. The van der Waals surface area contributed by atoms with Crippen molar-refractivity contribution in [3.05, 3.63) is 40.5 Å². The number of amides is 3. The van der Waals surface area contributed by atoms with E-state index in [1.54, 1.807) is 24.3 Å². The van der Waals surface area contributed by atoms with Crippen molar-refractivity contribution in [3.63, 3.8) is 0 Å². The lowest BCUT2D eigenvalue weighted by Crippen LogP contribution is -2.51. The van der Waals surface area contributed by atoms with Gasteiger partial charge in [-0.25, -0.2) is 0 Å². The highest BCUT2D eigenvalue weighted by Crippen LogP contribution is 2.14. The monoisotopic (exact) mass is 278 g/mol. The van der Waals surface area contributed by atoms with Crippen molar-refractivity contribution >= 4 is 35.4 Å². The van der Waals surface area contributed by atoms with Crippen molar-refractivity contribution in [1.29, 1.82) is 0 Å². The van der Waals surface area contributed by atoms with Gasteiger partial charge in [0.25, 0.3) is 5.91 Å². The largest absolute Gasteiger partial charge is 0.320 e. The van der Waals surface area contributed by atoms with E-state index in [4.69, 9.17) is 11.6 Å². The van der Waals surface area contributed by atoms with E-state index >= 15 is 0 Å². The minimum Gasteiger partial charge on any atom is -0.320 e. The minimum absolute atomic E-state index is 0.0776. The van der Waals surface area contributed by atoms with E-state index in [1.807, 2.05) is 0 Å². The number of nitrogens with zero attached hydrogens (tertiary/aromatic N) is 1. The maximum absolute atomic E-state index is 12.0. The molecule has 0 spiro atoms. The molecule has 0 aromatic heterocycles. The average Bonchev–Trinajstić information content (AvgIpc) is 2.35. The molecule has 0 atom stereocenters. The van der Waals surface area contributed by atoms with E-state index in [1.165, 1.54) is 13.0 Å². The van der Waals surface area contributed by atoms with E-state index in [-0.39, 0.29) is 12.2 Å². The number of benzene rings is 1. The number of nitrogens with one attached hydrogen (secondary N) is 1. The highest BCUT2D eigenvalue weighted by Gasteiger charge is 2.30. The van der Waals surface area contributed by atoms with Gasteiger partial charge in [-0.05, 0) is 23.8 Å². The summed E-state index contributed by atoms with van der Waals surface area (Å²) in [6.45, 7) is 1.00. The fourth-order valence-corrected chi connectivity index (χ4v) is 1.81. The third kappa shape index (κ3) is 3.00. The second kappa shape index (κ2) is 5.24. The Kier molecular flexibility index (Phi) is 3.66. The highest BCUT2D eigenvalue weighted by molar-refractivity contribution is 6.30. The Morgan fingerprint density at radius 3 is 2.53 bits per heavy atom. The van der Waals surface area contributed by atoms with Crippen LogP contribution in [0.15, 0.2) is 30.0 Å². The zero-order valence-corrected chi connectivity index (χ0v) is 10.9. The summed E-state index contributed by atoms with van der Waals surface area (Å²) in [7, 11) is 0. The van der Waals surface area contributed by atoms with Gasteiger partial charge in [0.1, 0.15) is 12.2 Å². The van der Waals surface area contributed by atoms with E-state index < -0.39 is 17.7 Å². The first-order valence-electron chi connectivity index (χ1n) is 5.57. The average molecular weight is 279 g/mol. The first kappa shape index (κ1) is 13.3.